The third-order valence-electron chi connectivity index (χ3n) is 9.24. The molecular weight excluding hydrogens is 582 g/mol. The van der Waals surface area contributed by atoms with E-state index >= 15 is 0 Å². The van der Waals surface area contributed by atoms with E-state index in [1.54, 1.807) is 20.8 Å². The lowest BCUT2D eigenvalue weighted by molar-refractivity contribution is 0.320. The molecular formula is C34H37NO8S. The van der Waals surface area contributed by atoms with Gasteiger partial charge in [-0.2, -0.15) is 0 Å². The van der Waals surface area contributed by atoms with Crippen LogP contribution in [0.2, 0.25) is 0 Å². The molecule has 5 aromatic rings. The van der Waals surface area contributed by atoms with Crippen LogP contribution < -0.4 is 5.56 Å². The van der Waals surface area contributed by atoms with Crippen LogP contribution in [0, 0.1) is 6.85 Å². The van der Waals surface area contributed by atoms with Gasteiger partial charge in [0.15, 0.2) is 17.2 Å². The van der Waals surface area contributed by atoms with Crippen molar-refractivity contribution in [2.24, 2.45) is 0 Å². The number of benzene rings is 3. The summed E-state index contributed by atoms with van der Waals surface area (Å²) in [4.78, 5) is 16.1. The number of aryl methyl sites for hydroxylation is 1. The van der Waals surface area contributed by atoms with Crippen molar-refractivity contribution in [3.05, 3.63) is 38.7 Å². The molecule has 0 saturated heterocycles. The number of hydrogen-bond acceptors (Lipinski definition) is 9. The maximum absolute atomic E-state index is 13.5. The van der Waals surface area contributed by atoms with Crippen LogP contribution in [0.3, 0.4) is 0 Å². The number of thiophene rings is 1. The van der Waals surface area contributed by atoms with Crippen molar-refractivity contribution >= 4 is 42.3 Å². The van der Waals surface area contributed by atoms with Crippen LogP contribution in [0.15, 0.2) is 10.9 Å². The van der Waals surface area contributed by atoms with E-state index in [1.807, 2.05) is 27.7 Å². The number of H-pyrrole nitrogens is 1. The molecule has 8 N–H and O–H groups in total. The second-order valence-corrected chi connectivity index (χ2v) is 15.2. The summed E-state index contributed by atoms with van der Waals surface area (Å²) in [7, 11) is 0. The first-order valence-corrected chi connectivity index (χ1v) is 15.0. The predicted octanol–water partition coefficient (Wildman–Crippen LogP) is 7.46. The van der Waals surface area contributed by atoms with Crippen molar-refractivity contribution in [2.45, 2.75) is 84.4 Å². The molecule has 0 aliphatic heterocycles. The van der Waals surface area contributed by atoms with Gasteiger partial charge in [-0.1, -0.05) is 48.5 Å². The summed E-state index contributed by atoms with van der Waals surface area (Å²) in [5.41, 5.74) is -2.32. The van der Waals surface area contributed by atoms with Gasteiger partial charge in [0.25, 0.3) is 5.56 Å². The molecule has 3 aromatic carbocycles. The summed E-state index contributed by atoms with van der Waals surface area (Å²) in [6.45, 7) is 10.1. The average Bonchev–Trinajstić information content (AvgIpc) is 3.32. The summed E-state index contributed by atoms with van der Waals surface area (Å²) >= 11 is 1.10. The first-order chi connectivity index (χ1) is 21.4. The zero-order chi connectivity index (χ0) is 35.1. The van der Waals surface area contributed by atoms with Crippen LogP contribution in [0.4, 0.5) is 0 Å². The molecule has 9 nitrogen and oxygen atoms in total. The van der Waals surface area contributed by atoms with Crippen LogP contribution >= 0.6 is 11.3 Å². The molecule has 0 bridgehead atoms. The molecule has 6 rings (SSSR count). The number of nitrogens with one attached hydrogen (secondary N) is 1. The lowest BCUT2D eigenvalue weighted by Gasteiger charge is -2.42. The van der Waals surface area contributed by atoms with Crippen LogP contribution in [-0.4, -0.2) is 40.7 Å². The fourth-order valence-corrected chi connectivity index (χ4v) is 8.49. The monoisotopic (exact) mass is 622 g/mol. The number of aromatic nitrogens is 1. The largest absolute Gasteiger partial charge is 0.507 e. The van der Waals surface area contributed by atoms with Gasteiger partial charge >= 0.3 is 0 Å². The Hall–Kier alpha value is -4.31. The van der Waals surface area contributed by atoms with Gasteiger partial charge in [0.2, 0.25) is 11.5 Å². The average molecular weight is 623 g/mol. The molecule has 44 heavy (non-hydrogen) atoms. The molecule has 232 valence electrons. The van der Waals surface area contributed by atoms with E-state index in [2.05, 4.69) is 4.98 Å². The fourth-order valence-electron chi connectivity index (χ4n) is 6.93. The van der Waals surface area contributed by atoms with Gasteiger partial charge in [0.1, 0.15) is 11.5 Å². The molecule has 0 unspecified atom stereocenters. The second kappa shape index (κ2) is 8.88. The Balaban J connectivity index is 1.92. The molecule has 1 aliphatic carbocycles. The lowest BCUT2D eigenvalue weighted by Crippen LogP contribution is -2.34. The quantitative estimate of drug-likeness (QED) is 0.0702. The van der Waals surface area contributed by atoms with E-state index in [9.17, 15) is 40.5 Å². The summed E-state index contributed by atoms with van der Waals surface area (Å²) in [6.07, 6.45) is 1.38. The molecule has 0 fully saturated rings. The molecule has 0 radical (unpaired) electrons. The van der Waals surface area contributed by atoms with Gasteiger partial charge in [-0.05, 0) is 47.6 Å². The summed E-state index contributed by atoms with van der Waals surface area (Å²) < 4.78 is 26.1. The molecule has 10 heteroatoms. The minimum absolute atomic E-state index is 0.0104. The van der Waals surface area contributed by atoms with Gasteiger partial charge in [0, 0.05) is 47.2 Å². The van der Waals surface area contributed by atoms with E-state index in [-0.39, 0.29) is 43.1 Å². The Morgan fingerprint density at radius 2 is 1.34 bits per heavy atom. The van der Waals surface area contributed by atoms with Crippen molar-refractivity contribution in [1.82, 2.24) is 4.98 Å². The first-order valence-electron chi connectivity index (χ1n) is 15.7. The third-order valence-corrected chi connectivity index (χ3v) is 10.5. The maximum atomic E-state index is 13.5. The number of aromatic hydroxyl groups is 7. The molecule has 2 heterocycles. The number of pyridine rings is 1. The van der Waals surface area contributed by atoms with Crippen molar-refractivity contribution in [2.75, 3.05) is 0 Å². The Labute approximate surface area is 261 Å². The van der Waals surface area contributed by atoms with Crippen LogP contribution in [0.5, 0.6) is 40.2 Å². The van der Waals surface area contributed by atoms with Crippen molar-refractivity contribution in [3.8, 4) is 51.5 Å². The highest BCUT2D eigenvalue weighted by atomic mass is 32.1. The SMILES string of the molecule is [2H]C([2H])([2H])c1c(O)c2c(c3sc4c(-c5cc6c(O)c(O)c(O)c(O)c6c(C(C)(C)C)c5O)[nH]c(=O)c(O)c4c13)C(C)(C)CCC2(C)C. The number of phenolic OH excluding ortho intramolecular Hbond substituents is 6. The van der Waals surface area contributed by atoms with Crippen molar-refractivity contribution < 1.29 is 39.9 Å². The fraction of sp³-hybridized carbons (Fsp3) is 0.382. The Bertz CT molecular complexity index is 2270. The normalized spacial score (nSPS) is 17.5. The zero-order valence-electron chi connectivity index (χ0n) is 28.4. The number of phenols is 6. The maximum Gasteiger partial charge on any atom is 0.291 e. The van der Waals surface area contributed by atoms with E-state index in [0.717, 1.165) is 11.3 Å². The van der Waals surface area contributed by atoms with E-state index in [0.29, 0.717) is 28.7 Å². The standard InChI is InChI=1S/C34H37NO8S/c1-12-15-17-26(40)31(43)35-21(30(17)44-29(15)20-19(22(12)36)33(5,6)9-10-34(20,7)8)14-11-13-16(18(23(14)37)32(2,3)4)25(39)28(42)27(41)24(13)38/h11,36-42H,9-10H2,1-8H3,(H,35,43)/i1D3. The molecule has 0 amide bonds. The van der Waals surface area contributed by atoms with Crippen LogP contribution in [0.1, 0.15) is 87.7 Å². The third kappa shape index (κ3) is 3.73. The highest BCUT2D eigenvalue weighted by Crippen LogP contribution is 2.59. The van der Waals surface area contributed by atoms with Gasteiger partial charge in [-0.15, -0.1) is 11.3 Å². The molecule has 0 spiro atoms. The highest BCUT2D eigenvalue weighted by Gasteiger charge is 2.42. The first kappa shape index (κ1) is 26.1. The van der Waals surface area contributed by atoms with E-state index in [4.69, 9.17) is 4.11 Å². The summed E-state index contributed by atoms with van der Waals surface area (Å²) in [5.74, 6) is -5.16. The second-order valence-electron chi connectivity index (χ2n) is 14.1. The minimum atomic E-state index is -2.86. The molecule has 1 aliphatic rings. The smallest absolute Gasteiger partial charge is 0.291 e. The van der Waals surface area contributed by atoms with Crippen molar-refractivity contribution in [1.29, 1.82) is 0 Å². The van der Waals surface area contributed by atoms with Crippen molar-refractivity contribution in [3.63, 3.8) is 0 Å². The minimum Gasteiger partial charge on any atom is -0.507 e. The van der Waals surface area contributed by atoms with E-state index in [1.165, 1.54) is 6.07 Å². The molecule has 0 atom stereocenters. The Kier molecular flexibility index (Phi) is 5.27. The summed E-state index contributed by atoms with van der Waals surface area (Å²) in [6, 6.07) is 1.23. The predicted molar refractivity (Wildman–Crippen MR) is 173 cm³/mol. The van der Waals surface area contributed by atoms with Crippen LogP contribution in [-0.2, 0) is 16.2 Å². The Morgan fingerprint density at radius 1 is 0.750 bits per heavy atom. The highest BCUT2D eigenvalue weighted by molar-refractivity contribution is 7.26. The number of hydrogen-bond donors (Lipinski definition) is 8. The number of aromatic amines is 1. The van der Waals surface area contributed by atoms with Crippen LogP contribution in [0.25, 0.3) is 42.2 Å². The topological polar surface area (TPSA) is 174 Å². The number of fused-ring (bicyclic) bond motifs is 6. The number of rotatable bonds is 1. The van der Waals surface area contributed by atoms with Gasteiger partial charge < -0.3 is 40.7 Å². The van der Waals surface area contributed by atoms with Gasteiger partial charge in [-0.25, -0.2) is 0 Å². The summed E-state index contributed by atoms with van der Waals surface area (Å²) in [5, 5.41) is 77.2. The van der Waals surface area contributed by atoms with Gasteiger partial charge in [0.05, 0.1) is 15.8 Å². The van der Waals surface area contributed by atoms with E-state index < -0.39 is 74.5 Å². The Morgan fingerprint density at radius 3 is 1.93 bits per heavy atom. The molecule has 2 aromatic heterocycles. The molecule has 0 saturated carbocycles. The lowest BCUT2D eigenvalue weighted by atomic mass is 9.62. The van der Waals surface area contributed by atoms with Gasteiger partial charge in [-0.3, -0.25) is 4.79 Å². The zero-order valence-corrected chi connectivity index (χ0v) is 26.3.